The summed E-state index contributed by atoms with van der Waals surface area (Å²) in [5, 5.41) is 1.48. The minimum Gasteiger partial charge on any atom is -0.462 e. The fourth-order valence-corrected chi connectivity index (χ4v) is 2.37. The largest absolute Gasteiger partial charge is 0.462 e. The monoisotopic (exact) mass is 368 g/mol. The van der Waals surface area contributed by atoms with Crippen LogP contribution in [0.15, 0.2) is 0 Å². The zero-order valence-electron chi connectivity index (χ0n) is 13.2. The van der Waals surface area contributed by atoms with Crippen LogP contribution >= 0.6 is 11.6 Å². The van der Waals surface area contributed by atoms with Crippen LogP contribution in [0.3, 0.4) is 0 Å². The Hall–Kier alpha value is -2.03. The summed E-state index contributed by atoms with van der Waals surface area (Å²) >= 11 is 5.98. The van der Waals surface area contributed by atoms with Gasteiger partial charge in [0.2, 0.25) is 0 Å². The van der Waals surface area contributed by atoms with E-state index in [1.165, 1.54) is 14.0 Å². The van der Waals surface area contributed by atoms with E-state index < -0.39 is 36.8 Å². The molecular formula is C14H16ClF3N2O4. The lowest BCUT2D eigenvalue weighted by molar-refractivity contribution is -0.119. The lowest BCUT2D eigenvalue weighted by Crippen LogP contribution is -2.45. The molecule has 0 aromatic carbocycles. The third kappa shape index (κ3) is 3.89. The molecule has 0 saturated carbocycles. The molecule has 6 nitrogen and oxygen atoms in total. The Morgan fingerprint density at radius 3 is 2.38 bits per heavy atom. The van der Waals surface area contributed by atoms with Gasteiger partial charge in [0.15, 0.2) is 0 Å². The van der Waals surface area contributed by atoms with Gasteiger partial charge in [-0.1, -0.05) is 11.6 Å². The third-order valence-electron chi connectivity index (χ3n) is 3.25. The first-order valence-corrected chi connectivity index (χ1v) is 7.26. The van der Waals surface area contributed by atoms with Crippen LogP contribution in [-0.4, -0.2) is 48.0 Å². The van der Waals surface area contributed by atoms with Crippen molar-refractivity contribution in [2.75, 3.05) is 13.3 Å². The van der Waals surface area contributed by atoms with Gasteiger partial charge >= 0.3 is 5.97 Å². The van der Waals surface area contributed by atoms with Crippen molar-refractivity contribution >= 4 is 29.3 Å². The number of ether oxygens (including phenoxy) is 1. The van der Waals surface area contributed by atoms with E-state index in [2.05, 4.69) is 0 Å². The summed E-state index contributed by atoms with van der Waals surface area (Å²) in [7, 11) is 1.32. The highest BCUT2D eigenvalue weighted by atomic mass is 35.5. The minimum atomic E-state index is -3.17. The van der Waals surface area contributed by atoms with Gasteiger partial charge in [-0.3, -0.25) is 9.59 Å². The van der Waals surface area contributed by atoms with Gasteiger partial charge in [-0.15, -0.1) is 0 Å². The van der Waals surface area contributed by atoms with Crippen molar-refractivity contribution < 1.29 is 32.3 Å². The molecule has 1 atom stereocenters. The van der Waals surface area contributed by atoms with Crippen LogP contribution in [-0.2, 0) is 16.6 Å². The van der Waals surface area contributed by atoms with Crippen molar-refractivity contribution in [3.05, 3.63) is 22.0 Å². The van der Waals surface area contributed by atoms with Crippen LogP contribution < -0.4 is 5.32 Å². The Labute approximate surface area is 140 Å². The number of rotatable bonds is 7. The van der Waals surface area contributed by atoms with Gasteiger partial charge in [-0.05, 0) is 19.4 Å². The number of ketones is 1. The lowest BCUT2D eigenvalue weighted by Gasteiger charge is -2.14. The molecule has 0 spiro atoms. The van der Waals surface area contributed by atoms with Gasteiger partial charge < -0.3 is 14.6 Å². The van der Waals surface area contributed by atoms with Gasteiger partial charge in [0.05, 0.1) is 12.3 Å². The summed E-state index contributed by atoms with van der Waals surface area (Å²) in [5.74, 6) is -3.43. The molecule has 134 valence electrons. The minimum absolute atomic E-state index is 0.0648. The van der Waals surface area contributed by atoms with E-state index in [-0.39, 0.29) is 28.6 Å². The van der Waals surface area contributed by atoms with E-state index in [4.69, 9.17) is 16.3 Å². The second-order valence-corrected chi connectivity index (χ2v) is 5.17. The predicted octanol–water partition coefficient (Wildman–Crippen LogP) is 2.07. The Balaban J connectivity index is 3.18. The van der Waals surface area contributed by atoms with Crippen LogP contribution in [0.25, 0.3) is 0 Å². The summed E-state index contributed by atoms with van der Waals surface area (Å²) in [5.41, 5.74) is -0.310. The quantitative estimate of drug-likeness (QED) is 0.454. The number of hydrogen-bond acceptors (Lipinski definition) is 4. The van der Waals surface area contributed by atoms with Gasteiger partial charge in [0, 0.05) is 7.05 Å². The van der Waals surface area contributed by atoms with Crippen molar-refractivity contribution in [1.29, 1.82) is 0 Å². The second kappa shape index (κ2) is 8.18. The lowest BCUT2D eigenvalue weighted by atomic mass is 10.1. The zero-order chi connectivity index (χ0) is 18.6. The summed E-state index contributed by atoms with van der Waals surface area (Å²) < 4.78 is 43.3. The standard InChI is InChI=1S/C14H16ClF3N2O4/c1-4-24-14(23)8-6(2)9(20(3)11(8)15)10(21)13(22)19-7(5-16)12(17)18/h7,12H,4-5H2,1-3H3,(H,19,22). The molecule has 1 rings (SSSR count). The molecule has 0 radical (unpaired) electrons. The maximum Gasteiger partial charge on any atom is 0.341 e. The van der Waals surface area contributed by atoms with Crippen LogP contribution in [0.5, 0.6) is 0 Å². The first kappa shape index (κ1) is 20.0. The molecule has 1 N–H and O–H groups in total. The van der Waals surface area contributed by atoms with E-state index in [1.54, 1.807) is 12.2 Å². The first-order valence-electron chi connectivity index (χ1n) is 6.88. The van der Waals surface area contributed by atoms with E-state index >= 15 is 0 Å². The van der Waals surface area contributed by atoms with E-state index in [0.29, 0.717) is 0 Å². The van der Waals surface area contributed by atoms with Crippen molar-refractivity contribution in [2.45, 2.75) is 26.3 Å². The maximum absolute atomic E-state index is 12.5. The summed E-state index contributed by atoms with van der Waals surface area (Å²) in [4.78, 5) is 35.9. The number of carbonyl (C=O) groups excluding carboxylic acids is 3. The van der Waals surface area contributed by atoms with Gasteiger partial charge in [0.1, 0.15) is 23.4 Å². The molecule has 0 aliphatic carbocycles. The molecule has 10 heteroatoms. The van der Waals surface area contributed by atoms with Crippen molar-refractivity contribution in [1.82, 2.24) is 9.88 Å². The summed E-state index contributed by atoms with van der Waals surface area (Å²) in [6.07, 6.45) is -3.17. The molecule has 0 bridgehead atoms. The van der Waals surface area contributed by atoms with E-state index in [0.717, 1.165) is 4.57 Å². The Bertz CT molecular complexity index is 661. The molecule has 1 aromatic rings. The Kier molecular flexibility index (Phi) is 6.82. The van der Waals surface area contributed by atoms with Crippen molar-refractivity contribution in [2.24, 2.45) is 7.05 Å². The molecule has 1 unspecified atom stereocenters. The predicted molar refractivity (Wildman–Crippen MR) is 79.4 cm³/mol. The molecule has 0 aliphatic heterocycles. The van der Waals surface area contributed by atoms with E-state index in [1.807, 2.05) is 0 Å². The van der Waals surface area contributed by atoms with E-state index in [9.17, 15) is 27.6 Å². The van der Waals surface area contributed by atoms with Crippen LogP contribution in [0.4, 0.5) is 13.2 Å². The Morgan fingerprint density at radius 1 is 1.33 bits per heavy atom. The average molecular weight is 369 g/mol. The summed E-state index contributed by atoms with van der Waals surface area (Å²) in [6, 6.07) is -2.10. The first-order chi connectivity index (χ1) is 11.2. The molecular weight excluding hydrogens is 353 g/mol. The van der Waals surface area contributed by atoms with Crippen LogP contribution in [0.1, 0.15) is 33.3 Å². The van der Waals surface area contributed by atoms with Gasteiger partial charge in [-0.25, -0.2) is 18.0 Å². The number of halogens is 4. The molecule has 1 amide bonds. The second-order valence-electron chi connectivity index (χ2n) is 4.82. The molecule has 1 aromatic heterocycles. The Morgan fingerprint density at radius 2 is 1.92 bits per heavy atom. The van der Waals surface area contributed by atoms with Crippen molar-refractivity contribution in [3.63, 3.8) is 0 Å². The highest BCUT2D eigenvalue weighted by Crippen LogP contribution is 2.27. The number of nitrogens with zero attached hydrogens (tertiary/aromatic N) is 1. The topological polar surface area (TPSA) is 77.4 Å². The maximum atomic E-state index is 12.5. The van der Waals surface area contributed by atoms with Crippen LogP contribution in [0, 0.1) is 6.92 Å². The fourth-order valence-electron chi connectivity index (χ4n) is 2.06. The molecule has 24 heavy (non-hydrogen) atoms. The van der Waals surface area contributed by atoms with Crippen molar-refractivity contribution in [3.8, 4) is 0 Å². The van der Waals surface area contributed by atoms with Gasteiger partial charge in [-0.2, -0.15) is 0 Å². The molecule has 0 aliphatic rings. The number of esters is 1. The fraction of sp³-hybridized carbons (Fsp3) is 0.500. The SMILES string of the molecule is CCOC(=O)c1c(C)c(C(=O)C(=O)NC(CF)C(F)F)n(C)c1Cl. The average Bonchev–Trinajstić information content (AvgIpc) is 2.73. The normalized spacial score (nSPS) is 12.2. The number of aromatic nitrogens is 1. The number of carbonyl (C=O) groups is 3. The highest BCUT2D eigenvalue weighted by molar-refractivity contribution is 6.44. The third-order valence-corrected chi connectivity index (χ3v) is 3.70. The summed E-state index contributed by atoms with van der Waals surface area (Å²) in [6.45, 7) is 1.47. The van der Waals surface area contributed by atoms with Gasteiger partial charge in [0.25, 0.3) is 18.1 Å². The smallest absolute Gasteiger partial charge is 0.341 e. The highest BCUT2D eigenvalue weighted by Gasteiger charge is 2.32. The zero-order valence-corrected chi connectivity index (χ0v) is 13.9. The number of amides is 1. The number of alkyl halides is 3. The molecule has 1 heterocycles. The number of Topliss-reactive ketones (excluding diaryl/α,β-unsaturated/α-hetero) is 1. The molecule has 0 fully saturated rings. The number of nitrogens with one attached hydrogen (secondary N) is 1. The number of hydrogen-bond donors (Lipinski definition) is 1. The van der Waals surface area contributed by atoms with Crippen LogP contribution in [0.2, 0.25) is 5.15 Å². The molecule has 0 saturated heterocycles.